The second-order valence-corrected chi connectivity index (χ2v) is 5.55. The Bertz CT molecular complexity index is 533. The molecule has 0 amide bonds. The molecule has 3 N–H and O–H groups in total. The van der Waals surface area contributed by atoms with Gasteiger partial charge in [0.05, 0.1) is 6.54 Å². The van der Waals surface area contributed by atoms with Crippen LogP contribution in [0.5, 0.6) is 0 Å². The molecule has 0 aliphatic rings. The molecular formula is C14H18N4S. The Labute approximate surface area is 117 Å². The maximum absolute atomic E-state index is 5.81. The van der Waals surface area contributed by atoms with Gasteiger partial charge in [-0.1, -0.05) is 30.3 Å². The summed E-state index contributed by atoms with van der Waals surface area (Å²) in [5.74, 6) is 0.476. The SMILES string of the molecule is Cc1cnc(CN=C(N)NCCc2ccccc2)s1. The summed E-state index contributed by atoms with van der Waals surface area (Å²) >= 11 is 1.65. The molecule has 0 bridgehead atoms. The van der Waals surface area contributed by atoms with Gasteiger partial charge >= 0.3 is 0 Å². The zero-order valence-corrected chi connectivity index (χ0v) is 11.8. The lowest BCUT2D eigenvalue weighted by molar-refractivity contribution is 0.847. The number of hydrogen-bond donors (Lipinski definition) is 2. The Morgan fingerprint density at radius 3 is 2.84 bits per heavy atom. The number of aryl methyl sites for hydroxylation is 1. The molecule has 1 aromatic heterocycles. The number of aromatic nitrogens is 1. The third kappa shape index (κ3) is 4.71. The highest BCUT2D eigenvalue weighted by Crippen LogP contribution is 2.11. The summed E-state index contributed by atoms with van der Waals surface area (Å²) in [5, 5.41) is 4.10. The summed E-state index contributed by atoms with van der Waals surface area (Å²) in [6.07, 6.45) is 2.79. The van der Waals surface area contributed by atoms with E-state index in [1.165, 1.54) is 10.4 Å². The highest BCUT2D eigenvalue weighted by Gasteiger charge is 1.98. The molecule has 4 nitrogen and oxygen atoms in total. The molecule has 1 aromatic carbocycles. The summed E-state index contributed by atoms with van der Waals surface area (Å²) in [6.45, 7) is 3.37. The fraction of sp³-hybridized carbons (Fsp3) is 0.286. The van der Waals surface area contributed by atoms with Crippen LogP contribution in [0.15, 0.2) is 41.5 Å². The van der Waals surface area contributed by atoms with E-state index in [1.54, 1.807) is 11.3 Å². The molecule has 100 valence electrons. The molecule has 5 heteroatoms. The van der Waals surface area contributed by atoms with Crippen LogP contribution < -0.4 is 11.1 Å². The van der Waals surface area contributed by atoms with Crippen molar-refractivity contribution in [3.63, 3.8) is 0 Å². The first-order valence-electron chi connectivity index (χ1n) is 6.23. The van der Waals surface area contributed by atoms with Gasteiger partial charge in [-0.05, 0) is 18.9 Å². The number of rotatable bonds is 5. The van der Waals surface area contributed by atoms with E-state index in [2.05, 4.69) is 27.4 Å². The zero-order valence-electron chi connectivity index (χ0n) is 11.0. The van der Waals surface area contributed by atoms with E-state index < -0.39 is 0 Å². The first kappa shape index (κ1) is 13.5. The highest BCUT2D eigenvalue weighted by molar-refractivity contribution is 7.11. The van der Waals surface area contributed by atoms with Gasteiger partial charge in [-0.25, -0.2) is 9.98 Å². The van der Waals surface area contributed by atoms with Crippen molar-refractivity contribution in [1.82, 2.24) is 10.3 Å². The van der Waals surface area contributed by atoms with Crippen LogP contribution in [0.25, 0.3) is 0 Å². The number of thiazole rings is 1. The minimum atomic E-state index is 0.476. The van der Waals surface area contributed by atoms with Gasteiger partial charge in [0.15, 0.2) is 5.96 Å². The average Bonchev–Trinajstić information content (AvgIpc) is 2.83. The number of guanidine groups is 1. The molecule has 0 spiro atoms. The first-order valence-corrected chi connectivity index (χ1v) is 7.05. The van der Waals surface area contributed by atoms with E-state index in [4.69, 9.17) is 5.73 Å². The standard InChI is InChI=1S/C14H18N4S/c1-11-9-17-13(19-11)10-18-14(15)16-8-7-12-5-3-2-4-6-12/h2-6,9H,7-8,10H2,1H3,(H3,15,16,18). The molecule has 2 rings (SSSR count). The van der Waals surface area contributed by atoms with Crippen LogP contribution in [0.4, 0.5) is 0 Å². The van der Waals surface area contributed by atoms with E-state index in [1.807, 2.05) is 31.3 Å². The molecule has 0 aliphatic heterocycles. The number of benzene rings is 1. The van der Waals surface area contributed by atoms with E-state index in [0.717, 1.165) is 18.0 Å². The van der Waals surface area contributed by atoms with E-state index in [9.17, 15) is 0 Å². The number of nitrogens with zero attached hydrogens (tertiary/aromatic N) is 2. The molecule has 2 aromatic rings. The topological polar surface area (TPSA) is 63.3 Å². The number of hydrogen-bond acceptors (Lipinski definition) is 3. The van der Waals surface area contributed by atoms with E-state index in [-0.39, 0.29) is 0 Å². The van der Waals surface area contributed by atoms with Gasteiger partial charge in [-0.3, -0.25) is 0 Å². The van der Waals surface area contributed by atoms with E-state index in [0.29, 0.717) is 12.5 Å². The van der Waals surface area contributed by atoms with Gasteiger partial charge in [0.1, 0.15) is 5.01 Å². The van der Waals surface area contributed by atoms with E-state index >= 15 is 0 Å². The molecule has 0 unspecified atom stereocenters. The summed E-state index contributed by atoms with van der Waals surface area (Å²) < 4.78 is 0. The van der Waals surface area contributed by atoms with Crippen LogP contribution in [0, 0.1) is 6.92 Å². The first-order chi connectivity index (χ1) is 9.24. The second-order valence-electron chi connectivity index (χ2n) is 4.23. The highest BCUT2D eigenvalue weighted by atomic mass is 32.1. The number of nitrogens with two attached hydrogens (primary N) is 1. The van der Waals surface area contributed by atoms with Gasteiger partial charge in [0.25, 0.3) is 0 Å². The van der Waals surface area contributed by atoms with Gasteiger partial charge in [-0.15, -0.1) is 11.3 Å². The molecular weight excluding hydrogens is 256 g/mol. The maximum Gasteiger partial charge on any atom is 0.189 e. The molecule has 19 heavy (non-hydrogen) atoms. The predicted molar refractivity (Wildman–Crippen MR) is 80.3 cm³/mol. The minimum absolute atomic E-state index is 0.476. The quantitative estimate of drug-likeness (QED) is 0.648. The lowest BCUT2D eigenvalue weighted by Gasteiger charge is -2.05. The van der Waals surface area contributed by atoms with Crippen LogP contribution in [-0.2, 0) is 13.0 Å². The van der Waals surface area contributed by atoms with Crippen LogP contribution in [0.1, 0.15) is 15.4 Å². The van der Waals surface area contributed by atoms with Crippen molar-refractivity contribution in [3.8, 4) is 0 Å². The van der Waals surface area contributed by atoms with Crippen molar-refractivity contribution in [2.24, 2.45) is 10.7 Å². The van der Waals surface area contributed by atoms with Crippen molar-refractivity contribution in [3.05, 3.63) is 52.0 Å². The van der Waals surface area contributed by atoms with Gasteiger partial charge < -0.3 is 11.1 Å². The minimum Gasteiger partial charge on any atom is -0.370 e. The third-order valence-corrected chi connectivity index (χ3v) is 3.51. The van der Waals surface area contributed by atoms with Gasteiger partial charge in [-0.2, -0.15) is 0 Å². The van der Waals surface area contributed by atoms with Crippen LogP contribution in [0.2, 0.25) is 0 Å². The zero-order chi connectivity index (χ0) is 13.5. The Morgan fingerprint density at radius 2 is 2.16 bits per heavy atom. The second kappa shape index (κ2) is 6.89. The summed E-state index contributed by atoms with van der Waals surface area (Å²) in [6, 6.07) is 10.3. The molecule has 0 aliphatic carbocycles. The molecule has 1 heterocycles. The Hall–Kier alpha value is -1.88. The largest absolute Gasteiger partial charge is 0.370 e. The van der Waals surface area contributed by atoms with Crippen molar-refractivity contribution in [2.45, 2.75) is 19.9 Å². The van der Waals surface area contributed by atoms with Crippen molar-refractivity contribution in [2.75, 3.05) is 6.54 Å². The lowest BCUT2D eigenvalue weighted by atomic mass is 10.1. The van der Waals surface area contributed by atoms with Crippen molar-refractivity contribution in [1.29, 1.82) is 0 Å². The van der Waals surface area contributed by atoms with Crippen LogP contribution in [0.3, 0.4) is 0 Å². The van der Waals surface area contributed by atoms with Crippen LogP contribution >= 0.6 is 11.3 Å². The molecule has 0 saturated heterocycles. The monoisotopic (exact) mass is 274 g/mol. The smallest absolute Gasteiger partial charge is 0.189 e. The number of nitrogens with one attached hydrogen (secondary N) is 1. The number of aliphatic imine (C=N–C) groups is 1. The summed E-state index contributed by atoms with van der Waals surface area (Å²) in [5.41, 5.74) is 7.10. The molecule has 0 radical (unpaired) electrons. The Balaban J connectivity index is 1.73. The van der Waals surface area contributed by atoms with Crippen LogP contribution in [-0.4, -0.2) is 17.5 Å². The van der Waals surface area contributed by atoms with Gasteiger partial charge in [0, 0.05) is 17.6 Å². The molecule has 0 fully saturated rings. The maximum atomic E-state index is 5.81. The normalized spacial score (nSPS) is 11.5. The summed E-state index contributed by atoms with van der Waals surface area (Å²) in [7, 11) is 0. The fourth-order valence-corrected chi connectivity index (χ4v) is 2.37. The Morgan fingerprint density at radius 1 is 1.37 bits per heavy atom. The molecule has 0 atom stereocenters. The van der Waals surface area contributed by atoms with Gasteiger partial charge in [0.2, 0.25) is 0 Å². The molecule has 0 saturated carbocycles. The fourth-order valence-electron chi connectivity index (χ4n) is 1.66. The lowest BCUT2D eigenvalue weighted by Crippen LogP contribution is -2.33. The summed E-state index contributed by atoms with van der Waals surface area (Å²) in [4.78, 5) is 9.71. The predicted octanol–water partition coefficient (Wildman–Crippen LogP) is 2.10. The third-order valence-electron chi connectivity index (χ3n) is 2.62. The van der Waals surface area contributed by atoms with Crippen molar-refractivity contribution < 1.29 is 0 Å². The Kier molecular flexibility index (Phi) is 4.92. The average molecular weight is 274 g/mol. The van der Waals surface area contributed by atoms with Crippen molar-refractivity contribution >= 4 is 17.3 Å².